The van der Waals surface area contributed by atoms with E-state index in [0.29, 0.717) is 24.3 Å². The lowest BCUT2D eigenvalue weighted by Crippen LogP contribution is -2.65. The van der Waals surface area contributed by atoms with Crippen molar-refractivity contribution in [1.29, 1.82) is 0 Å². The summed E-state index contributed by atoms with van der Waals surface area (Å²) in [5, 5.41) is 0. The number of ketones is 1. The van der Waals surface area contributed by atoms with Crippen LogP contribution in [0.15, 0.2) is 42.0 Å². The number of piperidine rings is 2. The van der Waals surface area contributed by atoms with E-state index in [-0.39, 0.29) is 12.4 Å². The fourth-order valence-electron chi connectivity index (χ4n) is 4.34. The Balaban J connectivity index is 1.60. The van der Waals surface area contributed by atoms with Crippen LogP contribution in [0.3, 0.4) is 0 Å². The number of esters is 1. The fraction of sp³-hybridized carbons (Fsp3) is 0.542. The highest BCUT2D eigenvalue weighted by molar-refractivity contribution is 6.05. The number of fused-ring (bicyclic) bond motifs is 3. The molecule has 2 saturated heterocycles. The van der Waals surface area contributed by atoms with Gasteiger partial charge in [-0.25, -0.2) is 9.59 Å². The molecule has 0 N–H and O–H groups in total. The van der Waals surface area contributed by atoms with Gasteiger partial charge in [0.25, 0.3) is 0 Å². The smallest absolute Gasteiger partial charge is 0.411 e. The van der Waals surface area contributed by atoms with Crippen molar-refractivity contribution in [2.75, 3.05) is 0 Å². The molecule has 2 aliphatic heterocycles. The van der Waals surface area contributed by atoms with Crippen LogP contribution >= 0.6 is 0 Å². The Morgan fingerprint density at radius 3 is 2.43 bits per heavy atom. The lowest BCUT2D eigenvalue weighted by molar-refractivity contribution is -0.161. The van der Waals surface area contributed by atoms with Crippen molar-refractivity contribution in [1.82, 2.24) is 4.90 Å². The van der Waals surface area contributed by atoms with Gasteiger partial charge in [0.2, 0.25) is 0 Å². The second-order valence-electron chi connectivity index (χ2n) is 9.45. The number of allylic oxidation sites excluding steroid dienone is 1. The minimum Gasteiger partial charge on any atom is -0.459 e. The average Bonchev–Trinajstić information content (AvgIpc) is 3.51. The lowest BCUT2D eigenvalue weighted by atomic mass is 9.70. The van der Waals surface area contributed by atoms with Crippen molar-refractivity contribution in [2.24, 2.45) is 11.8 Å². The summed E-state index contributed by atoms with van der Waals surface area (Å²) in [7, 11) is 0. The van der Waals surface area contributed by atoms with E-state index < -0.39 is 35.7 Å². The molecule has 2 bridgehead atoms. The molecular formula is C24H29NO5. The predicted molar refractivity (Wildman–Crippen MR) is 110 cm³/mol. The van der Waals surface area contributed by atoms with Crippen molar-refractivity contribution in [3.8, 4) is 0 Å². The quantitative estimate of drug-likeness (QED) is 0.552. The zero-order chi connectivity index (χ0) is 21.5. The van der Waals surface area contributed by atoms with Crippen LogP contribution in [0.25, 0.3) is 0 Å². The summed E-state index contributed by atoms with van der Waals surface area (Å²) in [6.45, 7) is 5.49. The third kappa shape index (κ3) is 4.27. The Kier molecular flexibility index (Phi) is 5.43. The summed E-state index contributed by atoms with van der Waals surface area (Å²) in [6.07, 6.45) is 4.84. The first-order chi connectivity index (χ1) is 14.2. The number of amides is 1. The minimum atomic E-state index is -0.939. The Bertz CT molecular complexity index is 865. The van der Waals surface area contributed by atoms with Crippen LogP contribution in [0.1, 0.15) is 52.0 Å². The molecule has 0 aromatic heterocycles. The molecule has 1 unspecified atom stereocenters. The second-order valence-corrected chi connectivity index (χ2v) is 9.45. The highest BCUT2D eigenvalue weighted by Gasteiger charge is 2.56. The Morgan fingerprint density at radius 2 is 1.80 bits per heavy atom. The maximum Gasteiger partial charge on any atom is 0.411 e. The molecule has 5 rings (SSSR count). The van der Waals surface area contributed by atoms with Crippen molar-refractivity contribution >= 4 is 17.8 Å². The van der Waals surface area contributed by atoms with Crippen LogP contribution in [0, 0.1) is 11.8 Å². The van der Waals surface area contributed by atoms with E-state index in [0.717, 1.165) is 18.4 Å². The number of hydrogen-bond acceptors (Lipinski definition) is 5. The van der Waals surface area contributed by atoms with Crippen molar-refractivity contribution < 1.29 is 23.9 Å². The van der Waals surface area contributed by atoms with E-state index in [1.165, 1.54) is 4.90 Å². The van der Waals surface area contributed by atoms with Gasteiger partial charge in [-0.15, -0.1) is 0 Å². The topological polar surface area (TPSA) is 72.9 Å². The molecule has 2 aliphatic carbocycles. The molecule has 160 valence electrons. The van der Waals surface area contributed by atoms with Gasteiger partial charge in [-0.2, -0.15) is 0 Å². The Morgan fingerprint density at radius 1 is 1.10 bits per heavy atom. The summed E-state index contributed by atoms with van der Waals surface area (Å²) in [5.74, 6) is -0.721. The monoisotopic (exact) mass is 411 g/mol. The van der Waals surface area contributed by atoms with Gasteiger partial charge < -0.3 is 9.47 Å². The molecule has 0 spiro atoms. The zero-order valence-electron chi connectivity index (χ0n) is 17.8. The summed E-state index contributed by atoms with van der Waals surface area (Å²) < 4.78 is 11.2. The van der Waals surface area contributed by atoms with Gasteiger partial charge in [-0.3, -0.25) is 9.69 Å². The number of carbonyl (C=O) groups is 3. The van der Waals surface area contributed by atoms with Crippen LogP contribution in [0.4, 0.5) is 4.79 Å². The predicted octanol–water partition coefficient (Wildman–Crippen LogP) is 4.03. The summed E-state index contributed by atoms with van der Waals surface area (Å²) in [4.78, 5) is 40.8. The molecule has 2 saturated carbocycles. The van der Waals surface area contributed by atoms with Crippen molar-refractivity contribution in [2.45, 2.75) is 70.7 Å². The van der Waals surface area contributed by atoms with Crippen LogP contribution in [0.5, 0.6) is 0 Å². The molecular weight excluding hydrogens is 382 g/mol. The largest absolute Gasteiger partial charge is 0.459 e. The SMILES string of the molecule is CC(C)(C)OC(=O)N1C(C(=O)OCc2ccccc2)[C@@H]2CC[C@H]1/C(=C\C1CC1)C2=O. The highest BCUT2D eigenvalue weighted by atomic mass is 16.6. The number of rotatable bonds is 4. The fourth-order valence-corrected chi connectivity index (χ4v) is 4.34. The Hall–Kier alpha value is -2.63. The second kappa shape index (κ2) is 7.89. The molecule has 6 nitrogen and oxygen atoms in total. The van der Waals surface area contributed by atoms with Gasteiger partial charge >= 0.3 is 12.1 Å². The number of Topliss-reactive ketones (excluding diaryl/α,β-unsaturated/α-hetero) is 1. The standard InChI is InChI=1S/C24H29NO5/c1-24(2,3)30-23(28)25-19-12-11-17(21(26)18(19)13-15-9-10-15)20(25)22(27)29-14-16-7-5-4-6-8-16/h4-8,13,15,17,19-20H,9-12,14H2,1-3H3/b18-13+/t17-,19-,20?/m0/s1. The van der Waals surface area contributed by atoms with E-state index in [1.807, 2.05) is 36.4 Å². The van der Waals surface area contributed by atoms with Gasteiger partial charge in [0.1, 0.15) is 18.2 Å². The zero-order valence-corrected chi connectivity index (χ0v) is 17.8. The molecule has 4 aliphatic rings. The lowest BCUT2D eigenvalue weighted by Gasteiger charge is -2.49. The van der Waals surface area contributed by atoms with Gasteiger partial charge in [-0.1, -0.05) is 36.4 Å². The van der Waals surface area contributed by atoms with E-state index in [2.05, 4.69) is 0 Å². The highest BCUT2D eigenvalue weighted by Crippen LogP contribution is 2.44. The van der Waals surface area contributed by atoms with Gasteiger partial charge in [0, 0.05) is 5.57 Å². The normalized spacial score (nSPS) is 27.3. The molecule has 1 aromatic rings. The number of benzene rings is 1. The maximum absolute atomic E-state index is 13.1. The van der Waals surface area contributed by atoms with E-state index in [9.17, 15) is 14.4 Å². The van der Waals surface area contributed by atoms with Crippen LogP contribution in [-0.4, -0.2) is 40.4 Å². The average molecular weight is 411 g/mol. The molecule has 4 fully saturated rings. The van der Waals surface area contributed by atoms with Gasteiger partial charge in [-0.05, 0) is 57.9 Å². The minimum absolute atomic E-state index is 0.0142. The molecule has 2 heterocycles. The molecule has 3 atom stereocenters. The molecule has 0 radical (unpaired) electrons. The molecule has 1 amide bonds. The first-order valence-corrected chi connectivity index (χ1v) is 10.7. The summed E-state index contributed by atoms with van der Waals surface area (Å²) >= 11 is 0. The number of hydrogen-bond donors (Lipinski definition) is 0. The first-order valence-electron chi connectivity index (χ1n) is 10.7. The first kappa shape index (κ1) is 20.6. The van der Waals surface area contributed by atoms with Crippen molar-refractivity contribution in [3.05, 3.63) is 47.5 Å². The number of carbonyl (C=O) groups excluding carboxylic acids is 3. The van der Waals surface area contributed by atoms with Crippen LogP contribution in [-0.2, 0) is 25.7 Å². The maximum atomic E-state index is 13.1. The van der Waals surface area contributed by atoms with E-state index in [4.69, 9.17) is 9.47 Å². The Labute approximate surface area is 177 Å². The van der Waals surface area contributed by atoms with Crippen LogP contribution in [0.2, 0.25) is 0 Å². The van der Waals surface area contributed by atoms with E-state index in [1.54, 1.807) is 20.8 Å². The summed E-state index contributed by atoms with van der Waals surface area (Å²) in [6, 6.07) is 8.01. The molecule has 30 heavy (non-hydrogen) atoms. The number of nitrogens with zero attached hydrogens (tertiary/aromatic N) is 1. The molecule has 6 heteroatoms. The van der Waals surface area contributed by atoms with Gasteiger partial charge in [0.15, 0.2) is 5.78 Å². The van der Waals surface area contributed by atoms with Crippen LogP contribution < -0.4 is 0 Å². The van der Waals surface area contributed by atoms with E-state index >= 15 is 0 Å². The van der Waals surface area contributed by atoms with Gasteiger partial charge in [0.05, 0.1) is 12.0 Å². The van der Waals surface area contributed by atoms with Crippen molar-refractivity contribution in [3.63, 3.8) is 0 Å². The molecule has 1 aromatic carbocycles. The summed E-state index contributed by atoms with van der Waals surface area (Å²) in [5.41, 5.74) is 0.833. The number of ether oxygens (including phenoxy) is 2. The third-order valence-electron chi connectivity index (χ3n) is 5.85. The third-order valence-corrected chi connectivity index (χ3v) is 5.85.